The highest BCUT2D eigenvalue weighted by Gasteiger charge is 2.21. The van der Waals surface area contributed by atoms with Gasteiger partial charge in [0.25, 0.3) is 0 Å². The molecule has 0 saturated heterocycles. The fourth-order valence-electron chi connectivity index (χ4n) is 12.1. The van der Waals surface area contributed by atoms with Crippen LogP contribution in [0.1, 0.15) is 11.1 Å². The van der Waals surface area contributed by atoms with E-state index >= 15 is 0 Å². The molecule has 0 heterocycles. The lowest BCUT2D eigenvalue weighted by molar-refractivity contribution is 1.24. The van der Waals surface area contributed by atoms with Crippen molar-refractivity contribution in [1.29, 1.82) is 0 Å². The van der Waals surface area contributed by atoms with Crippen molar-refractivity contribution in [3.63, 3.8) is 0 Å². The lowest BCUT2D eigenvalue weighted by Gasteiger charge is -2.29. The Labute approximate surface area is 540 Å². The number of rotatable bonds is 19. The van der Waals surface area contributed by atoms with E-state index in [0.29, 0.717) is 0 Å². The number of aryl methyl sites for hydroxylation is 2. The molecule has 0 radical (unpaired) electrons. The summed E-state index contributed by atoms with van der Waals surface area (Å²) in [5.41, 5.74) is 24.1. The maximum absolute atomic E-state index is 2.33. The maximum atomic E-state index is 2.33. The maximum Gasteiger partial charge on any atom is 0.0463 e. The first-order chi connectivity index (χ1) is 45.5. The second kappa shape index (κ2) is 26.7. The Balaban J connectivity index is 0.727. The Morgan fingerprint density at radius 3 is 0.370 bits per heavy atom. The lowest BCUT2D eigenvalue weighted by Crippen LogP contribution is -2.13. The minimum Gasteiger partial charge on any atom is -0.311 e. The van der Waals surface area contributed by atoms with Gasteiger partial charge in [0.2, 0.25) is 0 Å². The Morgan fingerprint density at radius 2 is 0.228 bits per heavy atom. The van der Waals surface area contributed by atoms with Crippen LogP contribution < -0.4 is 29.4 Å². The van der Waals surface area contributed by atoms with Crippen LogP contribution in [0.5, 0.6) is 0 Å². The van der Waals surface area contributed by atoms with Crippen molar-refractivity contribution in [1.82, 2.24) is 0 Å². The Kier molecular flexibility index (Phi) is 16.7. The van der Waals surface area contributed by atoms with Crippen molar-refractivity contribution >= 4 is 102 Å². The average molecular weight is 1190 g/mol. The number of nitrogens with zero attached hydrogens (tertiary/aromatic N) is 6. The average Bonchev–Trinajstić information content (AvgIpc) is 0.999. The number of hydrogen-bond acceptors (Lipinski definition) is 6. The number of anilines is 18. The van der Waals surface area contributed by atoms with Gasteiger partial charge in [-0.3, -0.25) is 0 Å². The third-order valence-electron chi connectivity index (χ3n) is 16.7. The molecule has 0 fully saturated rings. The van der Waals surface area contributed by atoms with E-state index < -0.39 is 0 Å². The normalized spacial score (nSPS) is 10.9. The molecule has 92 heavy (non-hydrogen) atoms. The van der Waals surface area contributed by atoms with Crippen LogP contribution in [0.25, 0.3) is 11.1 Å². The molecule has 0 amide bonds. The fourth-order valence-corrected chi connectivity index (χ4v) is 12.1. The standard InChI is InChI=1S/C86H68N6/c1-65-33-41-75(42-34-65)87(69-21-9-3-10-22-69)79-49-57-83(58-50-79)91(73-29-17-7-18-30-73)85-61-53-81(54-62-85)89(71-25-13-5-14-26-71)77-45-37-67(38-46-77)68-39-47-78(48-40-68)90(72-27-15-6-16-28-72)82-55-63-86(64-56-82)92(74-31-19-8-20-32-74)84-59-51-80(52-60-84)88(70-23-11-4-12-24-70)76-43-35-66(2)36-44-76/h3-64H,1-2H3. The van der Waals surface area contributed by atoms with Gasteiger partial charge in [0.05, 0.1) is 0 Å². The molecule has 0 N–H and O–H groups in total. The molecule has 0 atom stereocenters. The molecule has 14 rings (SSSR count). The first-order valence-corrected chi connectivity index (χ1v) is 31.3. The van der Waals surface area contributed by atoms with Crippen LogP contribution in [-0.4, -0.2) is 0 Å². The highest BCUT2D eigenvalue weighted by Crippen LogP contribution is 2.45. The van der Waals surface area contributed by atoms with Gasteiger partial charge >= 0.3 is 0 Å². The van der Waals surface area contributed by atoms with Crippen LogP contribution in [-0.2, 0) is 0 Å². The van der Waals surface area contributed by atoms with Gasteiger partial charge in [0.1, 0.15) is 0 Å². The van der Waals surface area contributed by atoms with Crippen LogP contribution in [0.3, 0.4) is 0 Å². The summed E-state index contributed by atoms with van der Waals surface area (Å²) < 4.78 is 0. The van der Waals surface area contributed by atoms with E-state index in [-0.39, 0.29) is 0 Å². The van der Waals surface area contributed by atoms with E-state index in [1.165, 1.54) is 11.1 Å². The molecular weight excluding hydrogens is 1120 g/mol. The van der Waals surface area contributed by atoms with Gasteiger partial charge in [-0.2, -0.15) is 0 Å². The van der Waals surface area contributed by atoms with Crippen LogP contribution in [0.2, 0.25) is 0 Å². The van der Waals surface area contributed by atoms with Gasteiger partial charge < -0.3 is 29.4 Å². The molecule has 0 aromatic heterocycles. The quantitative estimate of drug-likeness (QED) is 0.0798. The molecule has 6 nitrogen and oxygen atoms in total. The second-order valence-electron chi connectivity index (χ2n) is 22.9. The Hall–Kier alpha value is -12.1. The molecule has 442 valence electrons. The molecule has 0 saturated carbocycles. The molecule has 14 aromatic rings. The zero-order valence-electron chi connectivity index (χ0n) is 51.5. The largest absolute Gasteiger partial charge is 0.311 e. The summed E-state index contributed by atoms with van der Waals surface area (Å²) in [6.07, 6.45) is 0. The van der Waals surface area contributed by atoms with Crippen molar-refractivity contribution in [2.24, 2.45) is 0 Å². The van der Waals surface area contributed by atoms with Gasteiger partial charge in [-0.25, -0.2) is 0 Å². The van der Waals surface area contributed by atoms with Gasteiger partial charge in [-0.05, 0) is 243 Å². The van der Waals surface area contributed by atoms with Gasteiger partial charge in [0, 0.05) is 102 Å². The van der Waals surface area contributed by atoms with Crippen molar-refractivity contribution in [3.8, 4) is 11.1 Å². The molecule has 0 aliphatic heterocycles. The molecule has 0 unspecified atom stereocenters. The van der Waals surface area contributed by atoms with Crippen LogP contribution >= 0.6 is 0 Å². The van der Waals surface area contributed by atoms with Gasteiger partial charge in [0.15, 0.2) is 0 Å². The van der Waals surface area contributed by atoms with Gasteiger partial charge in [-0.15, -0.1) is 0 Å². The van der Waals surface area contributed by atoms with Crippen molar-refractivity contribution in [3.05, 3.63) is 387 Å². The Morgan fingerprint density at radius 1 is 0.120 bits per heavy atom. The van der Waals surface area contributed by atoms with Gasteiger partial charge in [-0.1, -0.05) is 169 Å². The topological polar surface area (TPSA) is 19.4 Å². The van der Waals surface area contributed by atoms with E-state index in [9.17, 15) is 0 Å². The third-order valence-corrected chi connectivity index (χ3v) is 16.7. The van der Waals surface area contributed by atoms with Crippen molar-refractivity contribution in [2.45, 2.75) is 13.8 Å². The molecule has 0 aliphatic carbocycles. The minimum absolute atomic E-state index is 1.05. The second-order valence-corrected chi connectivity index (χ2v) is 22.9. The number of benzene rings is 14. The first kappa shape index (κ1) is 57.6. The van der Waals surface area contributed by atoms with Crippen LogP contribution in [0.15, 0.2) is 376 Å². The summed E-state index contributed by atoms with van der Waals surface area (Å²) in [4.78, 5) is 13.9. The minimum atomic E-state index is 1.05. The van der Waals surface area contributed by atoms with Crippen LogP contribution in [0.4, 0.5) is 102 Å². The molecule has 6 heteroatoms. The van der Waals surface area contributed by atoms with E-state index in [0.717, 1.165) is 113 Å². The summed E-state index contributed by atoms with van der Waals surface area (Å²) in [5, 5.41) is 0. The van der Waals surface area contributed by atoms with E-state index in [4.69, 9.17) is 0 Å². The highest BCUT2D eigenvalue weighted by atomic mass is 15.2. The number of hydrogen-bond donors (Lipinski definition) is 0. The lowest BCUT2D eigenvalue weighted by atomic mass is 10.0. The fraction of sp³-hybridized carbons (Fsp3) is 0.0233. The van der Waals surface area contributed by atoms with Crippen LogP contribution in [0, 0.1) is 13.8 Å². The summed E-state index contributed by atoms with van der Waals surface area (Å²) in [6, 6.07) is 134. The summed E-state index contributed by atoms with van der Waals surface area (Å²) in [6.45, 7) is 4.25. The van der Waals surface area contributed by atoms with Crippen molar-refractivity contribution < 1.29 is 0 Å². The Bertz CT molecular complexity index is 4310. The third kappa shape index (κ3) is 12.5. The molecule has 0 aliphatic rings. The summed E-state index contributed by atoms with van der Waals surface area (Å²) in [7, 11) is 0. The van der Waals surface area contributed by atoms with E-state index in [2.05, 4.69) is 419 Å². The first-order valence-electron chi connectivity index (χ1n) is 31.3. The number of para-hydroxylation sites is 6. The monoisotopic (exact) mass is 1180 g/mol. The highest BCUT2D eigenvalue weighted by molar-refractivity contribution is 5.87. The van der Waals surface area contributed by atoms with Crippen molar-refractivity contribution in [2.75, 3.05) is 29.4 Å². The predicted molar refractivity (Wildman–Crippen MR) is 389 cm³/mol. The molecule has 14 aromatic carbocycles. The molecular formula is C86H68N6. The van der Waals surface area contributed by atoms with E-state index in [1.807, 2.05) is 0 Å². The zero-order valence-corrected chi connectivity index (χ0v) is 51.5. The zero-order chi connectivity index (χ0) is 62.0. The SMILES string of the molecule is Cc1ccc(N(c2ccccc2)c2ccc(N(c3ccccc3)c3ccc(N(c4ccccc4)c4ccc(-c5ccc(N(c6ccccc6)c6ccc(N(c7ccccc7)c7ccc(N(c8ccccc8)c8ccc(C)cc8)cc7)cc6)cc5)cc4)cc3)cc2)cc1. The summed E-state index contributed by atoms with van der Waals surface area (Å²) in [5.74, 6) is 0. The molecule has 0 bridgehead atoms. The summed E-state index contributed by atoms with van der Waals surface area (Å²) >= 11 is 0. The smallest absolute Gasteiger partial charge is 0.0463 e. The van der Waals surface area contributed by atoms with E-state index in [1.54, 1.807) is 0 Å². The predicted octanol–water partition coefficient (Wildman–Crippen LogP) is 24.8. The molecule has 0 spiro atoms.